The summed E-state index contributed by atoms with van der Waals surface area (Å²) < 4.78 is 13.8. The monoisotopic (exact) mass is 242 g/mol. The van der Waals surface area contributed by atoms with Crippen molar-refractivity contribution in [2.45, 2.75) is 30.6 Å². The lowest BCUT2D eigenvalue weighted by Gasteiger charge is -2.23. The van der Waals surface area contributed by atoms with Crippen LogP contribution < -0.4 is 0 Å². The van der Waals surface area contributed by atoms with E-state index in [1.54, 1.807) is 19.9 Å². The highest BCUT2D eigenvalue weighted by Crippen LogP contribution is 2.31. The summed E-state index contributed by atoms with van der Waals surface area (Å²) in [5.74, 6) is -1.25. The summed E-state index contributed by atoms with van der Waals surface area (Å²) in [5.41, 5.74) is -0.236. The van der Waals surface area contributed by atoms with Crippen molar-refractivity contribution in [3.8, 4) is 0 Å². The van der Waals surface area contributed by atoms with Crippen molar-refractivity contribution < 1.29 is 14.3 Å². The van der Waals surface area contributed by atoms with Crippen LogP contribution in [0.5, 0.6) is 0 Å². The molecule has 0 radical (unpaired) electrons. The zero-order valence-electron chi connectivity index (χ0n) is 9.58. The van der Waals surface area contributed by atoms with Crippen molar-refractivity contribution in [1.82, 2.24) is 0 Å². The third-order valence-electron chi connectivity index (χ3n) is 2.50. The van der Waals surface area contributed by atoms with E-state index in [4.69, 9.17) is 5.11 Å². The maximum atomic E-state index is 13.8. The number of hydrogen-bond donors (Lipinski definition) is 1. The van der Waals surface area contributed by atoms with E-state index >= 15 is 0 Å². The first-order chi connectivity index (χ1) is 7.36. The molecule has 0 aliphatic rings. The van der Waals surface area contributed by atoms with E-state index in [1.165, 1.54) is 17.8 Å². The minimum Gasteiger partial charge on any atom is -0.481 e. The normalized spacial score (nSPS) is 11.5. The van der Waals surface area contributed by atoms with E-state index in [1.807, 2.05) is 12.3 Å². The lowest BCUT2D eigenvalue weighted by atomic mass is 9.81. The molecule has 0 aliphatic heterocycles. The molecule has 0 heterocycles. The molecule has 0 saturated heterocycles. The topological polar surface area (TPSA) is 37.3 Å². The van der Waals surface area contributed by atoms with Gasteiger partial charge in [0.15, 0.2) is 0 Å². The van der Waals surface area contributed by atoms with E-state index in [2.05, 4.69) is 0 Å². The summed E-state index contributed by atoms with van der Waals surface area (Å²) in [4.78, 5) is 11.5. The van der Waals surface area contributed by atoms with Crippen LogP contribution in [0.15, 0.2) is 23.1 Å². The number of carbonyl (C=O) groups is 1. The molecule has 16 heavy (non-hydrogen) atoms. The Labute approximate surface area is 98.9 Å². The van der Waals surface area contributed by atoms with Crippen molar-refractivity contribution in [1.29, 1.82) is 0 Å². The van der Waals surface area contributed by atoms with Crippen LogP contribution in [0.2, 0.25) is 0 Å². The van der Waals surface area contributed by atoms with Gasteiger partial charge in [0.25, 0.3) is 0 Å². The summed E-state index contributed by atoms with van der Waals surface area (Å²) in [6, 6.07) is 4.93. The molecule has 0 spiro atoms. The van der Waals surface area contributed by atoms with Crippen LogP contribution in [-0.2, 0) is 10.2 Å². The van der Waals surface area contributed by atoms with Crippen LogP contribution >= 0.6 is 11.8 Å². The first kappa shape index (κ1) is 13.0. The summed E-state index contributed by atoms with van der Waals surface area (Å²) in [6.45, 7) is 3.47. The molecule has 4 heteroatoms. The number of aliphatic carboxylic acids is 1. The molecule has 0 aliphatic carbocycles. The van der Waals surface area contributed by atoms with Crippen LogP contribution in [0.4, 0.5) is 4.39 Å². The first-order valence-corrected chi connectivity index (χ1v) is 6.15. The molecule has 1 aromatic carbocycles. The van der Waals surface area contributed by atoms with Gasteiger partial charge in [0.05, 0.1) is 6.42 Å². The molecule has 0 amide bonds. The van der Waals surface area contributed by atoms with Crippen molar-refractivity contribution in [3.05, 3.63) is 29.6 Å². The Balaban J connectivity index is 3.08. The van der Waals surface area contributed by atoms with Crippen molar-refractivity contribution in [2.24, 2.45) is 0 Å². The average molecular weight is 242 g/mol. The van der Waals surface area contributed by atoms with Gasteiger partial charge in [-0.25, -0.2) is 4.39 Å². The van der Waals surface area contributed by atoms with Gasteiger partial charge in [-0.05, 0) is 24.0 Å². The summed E-state index contributed by atoms with van der Waals surface area (Å²) in [7, 11) is 0. The van der Waals surface area contributed by atoms with Crippen LogP contribution in [-0.4, -0.2) is 17.3 Å². The van der Waals surface area contributed by atoms with E-state index < -0.39 is 11.4 Å². The van der Waals surface area contributed by atoms with Crippen molar-refractivity contribution >= 4 is 17.7 Å². The Kier molecular flexibility index (Phi) is 3.97. The van der Waals surface area contributed by atoms with Crippen LogP contribution in [0.1, 0.15) is 25.8 Å². The van der Waals surface area contributed by atoms with Gasteiger partial charge in [0, 0.05) is 10.3 Å². The summed E-state index contributed by atoms with van der Waals surface area (Å²) in [6.07, 6.45) is 1.79. The van der Waals surface area contributed by atoms with E-state index in [0.29, 0.717) is 5.56 Å². The second-order valence-corrected chi connectivity index (χ2v) is 5.18. The van der Waals surface area contributed by atoms with Gasteiger partial charge in [-0.15, -0.1) is 11.8 Å². The van der Waals surface area contributed by atoms with Gasteiger partial charge in [-0.2, -0.15) is 0 Å². The predicted octanol–water partition coefficient (Wildman–Crippen LogP) is 3.30. The fraction of sp³-hybridized carbons (Fsp3) is 0.417. The zero-order valence-corrected chi connectivity index (χ0v) is 10.4. The Morgan fingerprint density at radius 1 is 1.50 bits per heavy atom. The van der Waals surface area contributed by atoms with Crippen molar-refractivity contribution in [2.75, 3.05) is 6.26 Å². The third kappa shape index (κ3) is 2.98. The minimum absolute atomic E-state index is 0.0808. The fourth-order valence-corrected chi connectivity index (χ4v) is 2.07. The zero-order chi connectivity index (χ0) is 12.3. The summed E-state index contributed by atoms with van der Waals surface area (Å²) in [5, 5.41) is 8.78. The fourth-order valence-electron chi connectivity index (χ4n) is 1.64. The van der Waals surface area contributed by atoms with Gasteiger partial charge in [-0.1, -0.05) is 19.9 Å². The Morgan fingerprint density at radius 3 is 2.56 bits per heavy atom. The quantitative estimate of drug-likeness (QED) is 0.823. The standard InChI is InChI=1S/C12H15FO2S/c1-12(2,7-11(14)15)9-5-4-8(16-3)6-10(9)13/h4-6H,7H2,1-3H3,(H,14,15). The first-order valence-electron chi connectivity index (χ1n) is 4.92. The third-order valence-corrected chi connectivity index (χ3v) is 3.22. The lowest BCUT2D eigenvalue weighted by molar-refractivity contribution is -0.138. The SMILES string of the molecule is CSc1ccc(C(C)(C)CC(=O)O)c(F)c1. The van der Waals surface area contributed by atoms with Crippen LogP contribution in [0.3, 0.4) is 0 Å². The Hall–Kier alpha value is -1.03. The number of benzene rings is 1. The van der Waals surface area contributed by atoms with Crippen LogP contribution in [0, 0.1) is 5.82 Å². The number of thioether (sulfide) groups is 1. The van der Waals surface area contributed by atoms with Gasteiger partial charge in [-0.3, -0.25) is 4.79 Å². The van der Waals surface area contributed by atoms with Crippen LogP contribution in [0.25, 0.3) is 0 Å². The Morgan fingerprint density at radius 2 is 2.12 bits per heavy atom. The maximum Gasteiger partial charge on any atom is 0.304 e. The summed E-state index contributed by atoms with van der Waals surface area (Å²) >= 11 is 1.46. The lowest BCUT2D eigenvalue weighted by Crippen LogP contribution is -2.23. The smallest absolute Gasteiger partial charge is 0.304 e. The van der Waals surface area contributed by atoms with Crippen molar-refractivity contribution in [3.63, 3.8) is 0 Å². The minimum atomic E-state index is -0.918. The number of carboxylic acids is 1. The number of halogens is 1. The van der Waals surface area contributed by atoms with E-state index in [0.717, 1.165) is 4.90 Å². The van der Waals surface area contributed by atoms with E-state index in [-0.39, 0.29) is 12.2 Å². The molecule has 0 unspecified atom stereocenters. The molecule has 1 N–H and O–H groups in total. The largest absolute Gasteiger partial charge is 0.481 e. The highest BCUT2D eigenvalue weighted by molar-refractivity contribution is 7.98. The number of hydrogen-bond acceptors (Lipinski definition) is 2. The second-order valence-electron chi connectivity index (χ2n) is 4.30. The average Bonchev–Trinajstić information content (AvgIpc) is 2.14. The molecule has 1 aromatic rings. The van der Waals surface area contributed by atoms with E-state index in [9.17, 15) is 9.18 Å². The molecular formula is C12H15FO2S. The second kappa shape index (κ2) is 4.87. The number of carboxylic acid groups (broad SMARTS) is 1. The van der Waals surface area contributed by atoms with Gasteiger partial charge in [0.1, 0.15) is 5.82 Å². The molecular weight excluding hydrogens is 227 g/mol. The maximum absolute atomic E-state index is 13.8. The highest BCUT2D eigenvalue weighted by Gasteiger charge is 2.27. The molecule has 1 rings (SSSR count). The predicted molar refractivity (Wildman–Crippen MR) is 63.5 cm³/mol. The van der Waals surface area contributed by atoms with Gasteiger partial charge >= 0.3 is 5.97 Å². The molecule has 0 saturated carbocycles. The molecule has 0 fully saturated rings. The molecule has 0 atom stereocenters. The molecule has 0 bridgehead atoms. The molecule has 0 aromatic heterocycles. The van der Waals surface area contributed by atoms with Gasteiger partial charge < -0.3 is 5.11 Å². The molecule has 88 valence electrons. The highest BCUT2D eigenvalue weighted by atomic mass is 32.2. The Bertz CT molecular complexity index is 402. The number of rotatable bonds is 4. The molecule has 2 nitrogen and oxygen atoms in total. The van der Waals surface area contributed by atoms with Gasteiger partial charge in [0.2, 0.25) is 0 Å².